The Labute approximate surface area is 108 Å². The van der Waals surface area contributed by atoms with Gasteiger partial charge in [-0.05, 0) is 24.3 Å². The molecule has 0 saturated carbocycles. The number of pyridine rings is 1. The molecule has 0 fully saturated rings. The summed E-state index contributed by atoms with van der Waals surface area (Å²) >= 11 is 0. The number of benzene rings is 1. The van der Waals surface area contributed by atoms with Gasteiger partial charge in [0.05, 0.1) is 5.69 Å². The first-order chi connectivity index (χ1) is 8.74. The predicted molar refractivity (Wildman–Crippen MR) is 73.0 cm³/mol. The molecule has 0 N–H and O–H groups in total. The summed E-state index contributed by atoms with van der Waals surface area (Å²) in [5.41, 5.74) is 2.89. The first-order valence-corrected chi connectivity index (χ1v) is 7.17. The Morgan fingerprint density at radius 1 is 1.11 bits per heavy atom. The van der Waals surface area contributed by atoms with Crippen molar-refractivity contribution in [1.82, 2.24) is 9.38 Å². The minimum absolute atomic E-state index is 0.836. The molecule has 18 heavy (non-hydrogen) atoms. The monoisotopic (exact) mass is 256 g/mol. The standard InChI is InChI=1S/C14H12N2OS/c1-18(17)12-7-5-11(6-8-12)13-10-16-9-3-2-4-14(16)15-13/h2-10H,1H3/t18-/m1/s1. The Balaban J connectivity index is 2.06. The highest BCUT2D eigenvalue weighted by molar-refractivity contribution is 7.84. The van der Waals surface area contributed by atoms with Crippen molar-refractivity contribution in [1.29, 1.82) is 0 Å². The lowest BCUT2D eigenvalue weighted by molar-refractivity contribution is 0.687. The Hall–Kier alpha value is -1.94. The number of aromatic nitrogens is 2. The van der Waals surface area contributed by atoms with E-state index in [4.69, 9.17) is 0 Å². The zero-order valence-electron chi connectivity index (χ0n) is 9.91. The van der Waals surface area contributed by atoms with Gasteiger partial charge in [0.15, 0.2) is 0 Å². The minimum Gasteiger partial charge on any atom is -0.306 e. The van der Waals surface area contributed by atoms with Crippen molar-refractivity contribution in [3.63, 3.8) is 0 Å². The van der Waals surface area contributed by atoms with Gasteiger partial charge in [-0.3, -0.25) is 4.21 Å². The van der Waals surface area contributed by atoms with Crippen LogP contribution in [0.25, 0.3) is 16.9 Å². The molecule has 0 spiro atoms. The van der Waals surface area contributed by atoms with Gasteiger partial charge in [0, 0.05) is 39.9 Å². The molecule has 4 heteroatoms. The number of fused-ring (bicyclic) bond motifs is 1. The smallest absolute Gasteiger partial charge is 0.137 e. The summed E-state index contributed by atoms with van der Waals surface area (Å²) in [5, 5.41) is 0. The highest BCUT2D eigenvalue weighted by atomic mass is 32.2. The second kappa shape index (κ2) is 4.38. The lowest BCUT2D eigenvalue weighted by Crippen LogP contribution is -1.86. The van der Waals surface area contributed by atoms with E-state index in [1.807, 2.05) is 59.3 Å². The van der Waals surface area contributed by atoms with Crippen LogP contribution in [0.3, 0.4) is 0 Å². The molecule has 0 radical (unpaired) electrons. The van der Waals surface area contributed by atoms with E-state index in [2.05, 4.69) is 4.98 Å². The Bertz CT molecular complexity index is 683. The summed E-state index contributed by atoms with van der Waals surface area (Å²) in [4.78, 5) is 5.38. The van der Waals surface area contributed by atoms with Crippen LogP contribution in [0.5, 0.6) is 0 Å². The number of rotatable bonds is 2. The molecule has 2 aromatic heterocycles. The molecule has 0 saturated heterocycles. The molecular formula is C14H12N2OS. The lowest BCUT2D eigenvalue weighted by atomic mass is 10.2. The van der Waals surface area contributed by atoms with Gasteiger partial charge in [0.25, 0.3) is 0 Å². The molecule has 90 valence electrons. The number of imidazole rings is 1. The van der Waals surface area contributed by atoms with Crippen LogP contribution in [0.2, 0.25) is 0 Å². The van der Waals surface area contributed by atoms with Crippen molar-refractivity contribution in [2.75, 3.05) is 6.26 Å². The molecule has 0 bridgehead atoms. The van der Waals surface area contributed by atoms with Gasteiger partial charge >= 0.3 is 0 Å². The number of hydrogen-bond donors (Lipinski definition) is 0. The first kappa shape index (κ1) is 11.2. The van der Waals surface area contributed by atoms with Crippen molar-refractivity contribution in [2.45, 2.75) is 4.90 Å². The van der Waals surface area contributed by atoms with Crippen LogP contribution in [0.4, 0.5) is 0 Å². The molecule has 0 unspecified atom stereocenters. The average molecular weight is 256 g/mol. The van der Waals surface area contributed by atoms with Gasteiger partial charge in [0.1, 0.15) is 5.65 Å². The second-order valence-electron chi connectivity index (χ2n) is 4.07. The molecule has 3 rings (SSSR count). The molecule has 0 aliphatic carbocycles. The fourth-order valence-corrected chi connectivity index (χ4v) is 2.41. The number of hydrogen-bond acceptors (Lipinski definition) is 2. The van der Waals surface area contributed by atoms with Crippen LogP contribution in [0.1, 0.15) is 0 Å². The molecule has 3 aromatic rings. The van der Waals surface area contributed by atoms with Gasteiger partial charge in [-0.2, -0.15) is 0 Å². The van der Waals surface area contributed by atoms with E-state index < -0.39 is 10.8 Å². The zero-order valence-corrected chi connectivity index (χ0v) is 10.7. The normalized spacial score (nSPS) is 12.7. The topological polar surface area (TPSA) is 34.4 Å². The summed E-state index contributed by atoms with van der Waals surface area (Å²) in [7, 11) is -0.934. The SMILES string of the molecule is C[S@@](=O)c1ccc(-c2cn3ccccc3n2)cc1. The zero-order chi connectivity index (χ0) is 12.5. The van der Waals surface area contributed by atoms with Gasteiger partial charge in [-0.1, -0.05) is 18.2 Å². The van der Waals surface area contributed by atoms with E-state index in [-0.39, 0.29) is 0 Å². The third-order valence-electron chi connectivity index (χ3n) is 2.85. The Kier molecular flexibility index (Phi) is 2.72. The Morgan fingerprint density at radius 3 is 2.56 bits per heavy atom. The van der Waals surface area contributed by atoms with Gasteiger partial charge < -0.3 is 4.40 Å². The molecule has 3 nitrogen and oxygen atoms in total. The van der Waals surface area contributed by atoms with E-state index in [0.717, 1.165) is 21.8 Å². The van der Waals surface area contributed by atoms with Gasteiger partial charge in [-0.25, -0.2) is 4.98 Å². The van der Waals surface area contributed by atoms with E-state index in [0.29, 0.717) is 0 Å². The van der Waals surface area contributed by atoms with Gasteiger partial charge in [0.2, 0.25) is 0 Å². The van der Waals surface area contributed by atoms with Crippen LogP contribution < -0.4 is 0 Å². The quantitative estimate of drug-likeness (QED) is 0.706. The van der Waals surface area contributed by atoms with Crippen LogP contribution in [-0.2, 0) is 10.8 Å². The Morgan fingerprint density at radius 2 is 1.89 bits per heavy atom. The first-order valence-electron chi connectivity index (χ1n) is 5.61. The highest BCUT2D eigenvalue weighted by Crippen LogP contribution is 2.20. The summed E-state index contributed by atoms with van der Waals surface area (Å²) in [6.45, 7) is 0. The summed E-state index contributed by atoms with van der Waals surface area (Å²) in [6, 6.07) is 13.6. The maximum atomic E-state index is 11.3. The molecule has 1 aromatic carbocycles. The van der Waals surface area contributed by atoms with Crippen LogP contribution in [-0.4, -0.2) is 19.8 Å². The predicted octanol–water partition coefficient (Wildman–Crippen LogP) is 2.74. The van der Waals surface area contributed by atoms with Crippen LogP contribution in [0, 0.1) is 0 Å². The van der Waals surface area contributed by atoms with E-state index in [9.17, 15) is 4.21 Å². The van der Waals surface area contributed by atoms with Crippen molar-refractivity contribution in [3.05, 3.63) is 54.9 Å². The summed E-state index contributed by atoms with van der Waals surface area (Å²) < 4.78 is 13.3. The van der Waals surface area contributed by atoms with E-state index >= 15 is 0 Å². The molecule has 2 heterocycles. The molecular weight excluding hydrogens is 244 g/mol. The van der Waals surface area contributed by atoms with Crippen LogP contribution in [0.15, 0.2) is 59.8 Å². The van der Waals surface area contributed by atoms with Crippen molar-refractivity contribution in [2.24, 2.45) is 0 Å². The van der Waals surface area contributed by atoms with Crippen molar-refractivity contribution < 1.29 is 4.21 Å². The summed E-state index contributed by atoms with van der Waals surface area (Å²) in [5.74, 6) is 0. The number of nitrogens with zero attached hydrogens (tertiary/aromatic N) is 2. The van der Waals surface area contributed by atoms with Gasteiger partial charge in [-0.15, -0.1) is 0 Å². The van der Waals surface area contributed by atoms with E-state index in [1.165, 1.54) is 0 Å². The highest BCUT2D eigenvalue weighted by Gasteiger charge is 2.04. The molecule has 0 amide bonds. The fourth-order valence-electron chi connectivity index (χ4n) is 1.89. The van der Waals surface area contributed by atoms with E-state index in [1.54, 1.807) is 6.26 Å². The van der Waals surface area contributed by atoms with Crippen LogP contribution >= 0.6 is 0 Å². The van der Waals surface area contributed by atoms with Crippen molar-refractivity contribution >= 4 is 16.4 Å². The minimum atomic E-state index is -0.934. The third-order valence-corrected chi connectivity index (χ3v) is 3.78. The average Bonchev–Trinajstić information content (AvgIpc) is 2.82. The maximum absolute atomic E-state index is 11.3. The third kappa shape index (κ3) is 1.95. The molecule has 1 atom stereocenters. The largest absolute Gasteiger partial charge is 0.306 e. The fraction of sp³-hybridized carbons (Fsp3) is 0.0714. The molecule has 0 aliphatic rings. The lowest BCUT2D eigenvalue weighted by Gasteiger charge is -1.98. The second-order valence-corrected chi connectivity index (χ2v) is 5.45. The summed E-state index contributed by atoms with van der Waals surface area (Å²) in [6.07, 6.45) is 5.65. The molecule has 0 aliphatic heterocycles. The maximum Gasteiger partial charge on any atom is 0.137 e. The van der Waals surface area contributed by atoms with Crippen molar-refractivity contribution in [3.8, 4) is 11.3 Å².